The van der Waals surface area contributed by atoms with Crippen LogP contribution >= 0.6 is 0 Å². The van der Waals surface area contributed by atoms with E-state index in [0.717, 1.165) is 5.56 Å². The van der Waals surface area contributed by atoms with E-state index in [-0.39, 0.29) is 12.8 Å². The molecule has 4 nitrogen and oxygen atoms in total. The number of aromatic nitrogens is 1. The Hall–Kier alpha value is -1.55. The molecule has 0 spiro atoms. The molecule has 1 aromatic heterocycles. The van der Waals surface area contributed by atoms with Gasteiger partial charge in [-0.15, -0.1) is 0 Å². The van der Waals surface area contributed by atoms with Crippen LogP contribution in [0.1, 0.15) is 12.5 Å². The van der Waals surface area contributed by atoms with E-state index in [1.165, 1.54) is 0 Å². The van der Waals surface area contributed by atoms with E-state index in [1.807, 2.05) is 25.1 Å². The van der Waals surface area contributed by atoms with Crippen LogP contribution in [0.3, 0.4) is 0 Å². The Bertz CT molecular complexity index is 361. The average molecular weight is 192 g/mol. The molecule has 0 saturated carbocycles. The van der Waals surface area contributed by atoms with Gasteiger partial charge in [0.1, 0.15) is 0 Å². The molecule has 2 N–H and O–H groups in total. The molecule has 4 heteroatoms. The van der Waals surface area contributed by atoms with E-state index >= 15 is 0 Å². The van der Waals surface area contributed by atoms with Crippen molar-refractivity contribution >= 4 is 6.08 Å². The molecule has 0 aromatic carbocycles. The van der Waals surface area contributed by atoms with Crippen LogP contribution in [0.4, 0.5) is 0 Å². The van der Waals surface area contributed by atoms with Gasteiger partial charge in [-0.2, -0.15) is 0 Å². The molecule has 0 aliphatic carbocycles. The maximum absolute atomic E-state index is 5.59. The summed E-state index contributed by atoms with van der Waals surface area (Å²) < 4.78 is 10.3. The largest absolute Gasteiger partial charge is 0.452 e. The minimum absolute atomic E-state index is 0.0421. The first-order chi connectivity index (χ1) is 6.75. The maximum atomic E-state index is 5.59. The van der Waals surface area contributed by atoms with E-state index in [9.17, 15) is 0 Å². The average Bonchev–Trinajstić information content (AvgIpc) is 2.61. The lowest BCUT2D eigenvalue weighted by atomic mass is 10.2. The van der Waals surface area contributed by atoms with E-state index in [4.69, 9.17) is 15.2 Å². The van der Waals surface area contributed by atoms with Gasteiger partial charge in [-0.25, -0.2) is 4.98 Å². The van der Waals surface area contributed by atoms with E-state index in [2.05, 4.69) is 4.98 Å². The monoisotopic (exact) mass is 192 g/mol. The summed E-state index contributed by atoms with van der Waals surface area (Å²) in [6, 6.07) is 1.93. The van der Waals surface area contributed by atoms with E-state index < -0.39 is 0 Å². The van der Waals surface area contributed by atoms with Crippen molar-refractivity contribution in [1.82, 2.24) is 4.98 Å². The summed E-state index contributed by atoms with van der Waals surface area (Å²) >= 11 is 0. The van der Waals surface area contributed by atoms with Gasteiger partial charge in [0.15, 0.2) is 5.75 Å². The molecular formula is C10H12N2O2. The van der Waals surface area contributed by atoms with Crippen LogP contribution in [-0.4, -0.2) is 17.8 Å². The topological polar surface area (TPSA) is 57.4 Å². The zero-order valence-corrected chi connectivity index (χ0v) is 7.93. The molecule has 14 heavy (non-hydrogen) atoms. The Morgan fingerprint density at radius 2 is 2.43 bits per heavy atom. The van der Waals surface area contributed by atoms with Crippen LogP contribution in [0, 0.1) is 0 Å². The second kappa shape index (κ2) is 3.67. The number of nitrogens with zero attached hydrogens (tertiary/aromatic N) is 1. The summed E-state index contributed by atoms with van der Waals surface area (Å²) in [5.74, 6) is 1.25. The smallest absolute Gasteiger partial charge is 0.260 e. The normalized spacial score (nSPS) is 16.1. The Morgan fingerprint density at radius 3 is 3.21 bits per heavy atom. The second-order valence-electron chi connectivity index (χ2n) is 3.20. The molecule has 1 atom stereocenters. The van der Waals surface area contributed by atoms with Crippen molar-refractivity contribution in [3.05, 3.63) is 23.9 Å². The first-order valence-corrected chi connectivity index (χ1v) is 4.45. The number of pyridine rings is 1. The van der Waals surface area contributed by atoms with Gasteiger partial charge in [0.2, 0.25) is 6.79 Å². The van der Waals surface area contributed by atoms with E-state index in [1.54, 1.807) is 6.20 Å². The van der Waals surface area contributed by atoms with Crippen molar-refractivity contribution < 1.29 is 9.47 Å². The molecule has 1 unspecified atom stereocenters. The van der Waals surface area contributed by atoms with Crippen molar-refractivity contribution in [1.29, 1.82) is 0 Å². The number of ether oxygens (including phenoxy) is 2. The molecular weight excluding hydrogens is 180 g/mol. The number of fused-ring (bicyclic) bond motifs is 1. The van der Waals surface area contributed by atoms with Crippen LogP contribution < -0.4 is 15.2 Å². The Morgan fingerprint density at radius 1 is 1.57 bits per heavy atom. The molecule has 0 amide bonds. The number of rotatable bonds is 2. The lowest BCUT2D eigenvalue weighted by Gasteiger charge is -1.97. The third-order valence-corrected chi connectivity index (χ3v) is 1.84. The van der Waals surface area contributed by atoms with Gasteiger partial charge in [0.25, 0.3) is 5.88 Å². The highest BCUT2D eigenvalue weighted by molar-refractivity contribution is 5.53. The number of hydrogen-bond donors (Lipinski definition) is 1. The van der Waals surface area contributed by atoms with Crippen LogP contribution in [0.2, 0.25) is 0 Å². The molecule has 1 aromatic rings. The number of hydrogen-bond acceptors (Lipinski definition) is 4. The highest BCUT2D eigenvalue weighted by Crippen LogP contribution is 2.29. The Labute approximate surface area is 82.3 Å². The zero-order valence-electron chi connectivity index (χ0n) is 7.93. The van der Waals surface area contributed by atoms with Gasteiger partial charge in [-0.1, -0.05) is 12.2 Å². The minimum Gasteiger partial charge on any atom is -0.452 e. The summed E-state index contributed by atoms with van der Waals surface area (Å²) in [7, 11) is 0. The van der Waals surface area contributed by atoms with Crippen molar-refractivity contribution in [2.75, 3.05) is 6.79 Å². The fourth-order valence-electron chi connectivity index (χ4n) is 1.16. The standard InChI is InChI=1S/C10H12N2O2/c1-7(11)2-3-8-4-9-10(12-5-8)14-6-13-9/h2-5,7H,6,11H2,1H3/b3-2+. The molecule has 0 fully saturated rings. The molecule has 2 heterocycles. The van der Waals surface area contributed by atoms with Gasteiger partial charge in [0.05, 0.1) is 0 Å². The Kier molecular flexibility index (Phi) is 2.37. The van der Waals surface area contributed by atoms with Gasteiger partial charge >= 0.3 is 0 Å². The third-order valence-electron chi connectivity index (χ3n) is 1.84. The summed E-state index contributed by atoms with van der Waals surface area (Å²) in [4.78, 5) is 4.10. The SMILES string of the molecule is CC(N)/C=C/c1cnc2c(c1)OCO2. The van der Waals surface area contributed by atoms with Crippen LogP contribution in [0.5, 0.6) is 11.6 Å². The second-order valence-corrected chi connectivity index (χ2v) is 3.20. The minimum atomic E-state index is 0.0421. The third kappa shape index (κ3) is 1.85. The molecule has 0 saturated heterocycles. The van der Waals surface area contributed by atoms with Gasteiger partial charge in [-0.3, -0.25) is 0 Å². The summed E-state index contributed by atoms with van der Waals surface area (Å²) in [6.07, 6.45) is 5.55. The molecule has 74 valence electrons. The van der Waals surface area contributed by atoms with Crippen molar-refractivity contribution in [3.63, 3.8) is 0 Å². The Balaban J connectivity index is 2.20. The first-order valence-electron chi connectivity index (χ1n) is 4.45. The fraction of sp³-hybridized carbons (Fsp3) is 0.300. The van der Waals surface area contributed by atoms with Gasteiger partial charge in [-0.05, 0) is 18.6 Å². The summed E-state index contributed by atoms with van der Waals surface area (Å²) in [5, 5.41) is 0. The number of nitrogens with two attached hydrogens (primary N) is 1. The predicted molar refractivity (Wildman–Crippen MR) is 53.0 cm³/mol. The van der Waals surface area contributed by atoms with Gasteiger partial charge < -0.3 is 15.2 Å². The molecule has 0 bridgehead atoms. The fourth-order valence-corrected chi connectivity index (χ4v) is 1.16. The molecule has 1 aliphatic heterocycles. The maximum Gasteiger partial charge on any atom is 0.260 e. The highest BCUT2D eigenvalue weighted by Gasteiger charge is 2.13. The lowest BCUT2D eigenvalue weighted by Crippen LogP contribution is -2.09. The summed E-state index contributed by atoms with van der Waals surface area (Å²) in [5.41, 5.74) is 6.55. The van der Waals surface area contributed by atoms with Crippen LogP contribution in [-0.2, 0) is 0 Å². The van der Waals surface area contributed by atoms with Crippen molar-refractivity contribution in [2.45, 2.75) is 13.0 Å². The predicted octanol–water partition coefficient (Wildman–Crippen LogP) is 1.17. The quantitative estimate of drug-likeness (QED) is 0.764. The molecule has 2 rings (SSSR count). The van der Waals surface area contributed by atoms with Crippen molar-refractivity contribution in [2.24, 2.45) is 5.73 Å². The zero-order chi connectivity index (χ0) is 9.97. The summed E-state index contributed by atoms with van der Waals surface area (Å²) in [6.45, 7) is 2.17. The molecule has 1 aliphatic rings. The highest BCUT2D eigenvalue weighted by atomic mass is 16.7. The first kappa shape index (κ1) is 9.02. The molecule has 0 radical (unpaired) electrons. The van der Waals surface area contributed by atoms with E-state index in [0.29, 0.717) is 11.6 Å². The lowest BCUT2D eigenvalue weighted by molar-refractivity contribution is 0.171. The van der Waals surface area contributed by atoms with Crippen LogP contribution in [0.25, 0.3) is 6.08 Å². The van der Waals surface area contributed by atoms with Crippen LogP contribution in [0.15, 0.2) is 18.3 Å². The van der Waals surface area contributed by atoms with Gasteiger partial charge in [0, 0.05) is 12.2 Å². The van der Waals surface area contributed by atoms with Crippen molar-refractivity contribution in [3.8, 4) is 11.6 Å².